The number of aromatic nitrogens is 1. The van der Waals surface area contributed by atoms with E-state index in [0.717, 1.165) is 28.4 Å². The van der Waals surface area contributed by atoms with Crippen molar-refractivity contribution in [3.63, 3.8) is 0 Å². The van der Waals surface area contributed by atoms with Gasteiger partial charge in [0.05, 0.1) is 12.1 Å². The molecule has 4 nitrogen and oxygen atoms in total. The molecule has 0 fully saturated rings. The fourth-order valence-corrected chi connectivity index (χ4v) is 5.72. The third kappa shape index (κ3) is 6.09. The Balaban J connectivity index is 1.67. The second-order valence-corrected chi connectivity index (χ2v) is 10.3. The topological polar surface area (TPSA) is 53.4 Å². The van der Waals surface area contributed by atoms with Crippen LogP contribution in [0.2, 0.25) is 0 Å². The van der Waals surface area contributed by atoms with Crippen LogP contribution in [0.1, 0.15) is 30.7 Å². The SMILES string of the molecule is CC(C)Cc1sc(N(CCC(=O)O)Cc2ccccc2)nc1-c1ccc(-c2ccsc2)cc1. The van der Waals surface area contributed by atoms with Crippen molar-refractivity contribution in [2.45, 2.75) is 33.2 Å². The zero-order valence-electron chi connectivity index (χ0n) is 18.9. The zero-order chi connectivity index (χ0) is 23.2. The van der Waals surface area contributed by atoms with Gasteiger partial charge in [-0.1, -0.05) is 68.4 Å². The predicted molar refractivity (Wildman–Crippen MR) is 139 cm³/mol. The van der Waals surface area contributed by atoms with Crippen LogP contribution in [0.3, 0.4) is 0 Å². The minimum absolute atomic E-state index is 0.0800. The van der Waals surface area contributed by atoms with E-state index in [1.54, 1.807) is 22.7 Å². The molecule has 0 aliphatic rings. The standard InChI is InChI=1S/C27H28N2O2S2/c1-19(2)16-24-26(22-10-8-21(9-11-22)23-13-15-32-18-23)28-27(33-24)29(14-12-25(30)31)17-20-6-4-3-5-7-20/h3-11,13,15,18-19H,12,14,16-17H2,1-2H3,(H,30,31). The third-order valence-electron chi connectivity index (χ3n) is 5.37. The predicted octanol–water partition coefficient (Wildman–Crippen LogP) is 7.22. The Morgan fingerprint density at radius 3 is 2.36 bits per heavy atom. The van der Waals surface area contributed by atoms with Gasteiger partial charge in [-0.25, -0.2) is 4.98 Å². The number of thiophene rings is 1. The van der Waals surface area contributed by atoms with Gasteiger partial charge in [0.2, 0.25) is 0 Å². The average molecular weight is 477 g/mol. The van der Waals surface area contributed by atoms with Gasteiger partial charge in [0.1, 0.15) is 0 Å². The molecular formula is C27H28N2O2S2. The summed E-state index contributed by atoms with van der Waals surface area (Å²) in [6.07, 6.45) is 1.02. The van der Waals surface area contributed by atoms with Crippen LogP contribution in [0.4, 0.5) is 5.13 Å². The molecule has 170 valence electrons. The summed E-state index contributed by atoms with van der Waals surface area (Å²) in [4.78, 5) is 19.7. The first-order valence-electron chi connectivity index (χ1n) is 11.1. The molecule has 0 amide bonds. The maximum atomic E-state index is 11.3. The van der Waals surface area contributed by atoms with Crippen molar-refractivity contribution in [1.82, 2.24) is 4.98 Å². The number of aliphatic carboxylic acids is 1. The normalized spacial score (nSPS) is 11.1. The fourth-order valence-electron chi connectivity index (χ4n) is 3.74. The molecule has 6 heteroatoms. The van der Waals surface area contributed by atoms with Crippen molar-refractivity contribution in [2.24, 2.45) is 5.92 Å². The number of carboxylic acid groups (broad SMARTS) is 1. The van der Waals surface area contributed by atoms with E-state index in [9.17, 15) is 9.90 Å². The molecule has 2 heterocycles. The van der Waals surface area contributed by atoms with Crippen molar-refractivity contribution < 1.29 is 9.90 Å². The molecule has 33 heavy (non-hydrogen) atoms. The van der Waals surface area contributed by atoms with E-state index in [1.165, 1.54) is 16.0 Å². The average Bonchev–Trinajstić information content (AvgIpc) is 3.48. The second-order valence-electron chi connectivity index (χ2n) is 8.51. The molecule has 4 aromatic rings. The van der Waals surface area contributed by atoms with Crippen LogP contribution < -0.4 is 4.90 Å². The maximum absolute atomic E-state index is 11.3. The fraction of sp³-hybridized carbons (Fsp3) is 0.259. The molecule has 0 unspecified atom stereocenters. The first-order chi connectivity index (χ1) is 16.0. The summed E-state index contributed by atoms with van der Waals surface area (Å²) in [5.41, 5.74) is 5.69. The molecule has 0 atom stereocenters. The Hall–Kier alpha value is -2.96. The van der Waals surface area contributed by atoms with E-state index in [2.05, 4.69) is 72.0 Å². The lowest BCUT2D eigenvalue weighted by molar-refractivity contribution is -0.136. The highest BCUT2D eigenvalue weighted by Crippen LogP contribution is 2.36. The molecule has 0 radical (unpaired) electrons. The van der Waals surface area contributed by atoms with Crippen LogP contribution >= 0.6 is 22.7 Å². The van der Waals surface area contributed by atoms with Crippen LogP contribution in [0.25, 0.3) is 22.4 Å². The Morgan fingerprint density at radius 2 is 1.73 bits per heavy atom. The molecule has 0 saturated heterocycles. The number of rotatable bonds is 10. The van der Waals surface area contributed by atoms with E-state index in [4.69, 9.17) is 4.98 Å². The monoisotopic (exact) mass is 476 g/mol. The molecule has 0 saturated carbocycles. The lowest BCUT2D eigenvalue weighted by Gasteiger charge is -2.21. The Labute approximate surface area is 203 Å². The molecule has 2 aromatic heterocycles. The Kier molecular flexibility index (Phi) is 7.57. The maximum Gasteiger partial charge on any atom is 0.305 e. The Morgan fingerprint density at radius 1 is 1.00 bits per heavy atom. The van der Waals surface area contributed by atoms with Crippen molar-refractivity contribution >= 4 is 33.8 Å². The quantitative estimate of drug-likeness (QED) is 0.262. The second kappa shape index (κ2) is 10.8. The highest BCUT2D eigenvalue weighted by Gasteiger charge is 2.19. The smallest absolute Gasteiger partial charge is 0.305 e. The van der Waals surface area contributed by atoms with Gasteiger partial charge in [0.25, 0.3) is 0 Å². The number of hydrogen-bond donors (Lipinski definition) is 1. The first kappa shape index (κ1) is 23.2. The van der Waals surface area contributed by atoms with Gasteiger partial charge >= 0.3 is 5.97 Å². The van der Waals surface area contributed by atoms with Crippen molar-refractivity contribution in [3.05, 3.63) is 81.9 Å². The van der Waals surface area contributed by atoms with Gasteiger partial charge in [-0.3, -0.25) is 4.79 Å². The molecule has 0 bridgehead atoms. The number of carboxylic acids is 1. The molecule has 0 spiro atoms. The van der Waals surface area contributed by atoms with Gasteiger partial charge in [-0.05, 0) is 45.9 Å². The molecular weight excluding hydrogens is 448 g/mol. The molecule has 0 aliphatic heterocycles. The summed E-state index contributed by atoms with van der Waals surface area (Å²) in [6, 6.07) is 20.9. The van der Waals surface area contributed by atoms with Crippen LogP contribution in [0.15, 0.2) is 71.4 Å². The van der Waals surface area contributed by atoms with Crippen LogP contribution in [0.5, 0.6) is 0 Å². The highest BCUT2D eigenvalue weighted by molar-refractivity contribution is 7.16. The van der Waals surface area contributed by atoms with Gasteiger partial charge in [-0.15, -0.1) is 11.3 Å². The van der Waals surface area contributed by atoms with E-state index < -0.39 is 5.97 Å². The lowest BCUT2D eigenvalue weighted by atomic mass is 10.0. The molecule has 1 N–H and O–H groups in total. The number of thiazole rings is 1. The van der Waals surface area contributed by atoms with E-state index in [-0.39, 0.29) is 6.42 Å². The van der Waals surface area contributed by atoms with Gasteiger partial charge in [-0.2, -0.15) is 11.3 Å². The van der Waals surface area contributed by atoms with Gasteiger partial charge in [0, 0.05) is 23.5 Å². The summed E-state index contributed by atoms with van der Waals surface area (Å²) in [6.45, 7) is 5.50. The minimum atomic E-state index is -0.795. The van der Waals surface area contributed by atoms with Crippen molar-refractivity contribution in [2.75, 3.05) is 11.4 Å². The number of carbonyl (C=O) groups is 1. The van der Waals surface area contributed by atoms with E-state index in [1.807, 2.05) is 18.2 Å². The molecule has 4 rings (SSSR count). The van der Waals surface area contributed by atoms with E-state index >= 15 is 0 Å². The molecule has 2 aromatic carbocycles. The summed E-state index contributed by atoms with van der Waals surface area (Å²) in [5.74, 6) is -0.292. The summed E-state index contributed by atoms with van der Waals surface area (Å²) in [5, 5.41) is 14.4. The van der Waals surface area contributed by atoms with E-state index in [0.29, 0.717) is 19.0 Å². The van der Waals surface area contributed by atoms with Crippen LogP contribution in [-0.2, 0) is 17.8 Å². The summed E-state index contributed by atoms with van der Waals surface area (Å²) in [7, 11) is 0. The van der Waals surface area contributed by atoms with Crippen LogP contribution in [-0.4, -0.2) is 22.6 Å². The number of anilines is 1. The van der Waals surface area contributed by atoms with Gasteiger partial charge in [0.15, 0.2) is 5.13 Å². The zero-order valence-corrected chi connectivity index (χ0v) is 20.5. The molecule has 0 aliphatic carbocycles. The minimum Gasteiger partial charge on any atom is -0.481 e. The Bertz CT molecular complexity index is 1170. The van der Waals surface area contributed by atoms with Gasteiger partial charge < -0.3 is 10.0 Å². The summed E-state index contributed by atoms with van der Waals surface area (Å²) < 4.78 is 0. The summed E-state index contributed by atoms with van der Waals surface area (Å²) >= 11 is 3.39. The lowest BCUT2D eigenvalue weighted by Crippen LogP contribution is -2.25. The van der Waals surface area contributed by atoms with Crippen LogP contribution in [0, 0.1) is 5.92 Å². The number of nitrogens with zero attached hydrogens (tertiary/aromatic N) is 2. The number of benzene rings is 2. The third-order valence-corrected chi connectivity index (χ3v) is 7.20. The first-order valence-corrected chi connectivity index (χ1v) is 12.9. The largest absolute Gasteiger partial charge is 0.481 e. The number of hydrogen-bond acceptors (Lipinski definition) is 5. The van der Waals surface area contributed by atoms with Crippen molar-refractivity contribution in [1.29, 1.82) is 0 Å². The van der Waals surface area contributed by atoms with Crippen molar-refractivity contribution in [3.8, 4) is 22.4 Å². The highest BCUT2D eigenvalue weighted by atomic mass is 32.1.